The molecule has 0 aliphatic rings. The van der Waals surface area contributed by atoms with Gasteiger partial charge in [-0.05, 0) is 37.3 Å². The Balaban J connectivity index is 2.46. The predicted molar refractivity (Wildman–Crippen MR) is 82.8 cm³/mol. The van der Waals surface area contributed by atoms with Crippen molar-refractivity contribution in [3.05, 3.63) is 62.8 Å². The lowest BCUT2D eigenvalue weighted by molar-refractivity contribution is 0.335. The minimum atomic E-state index is -0.619. The summed E-state index contributed by atoms with van der Waals surface area (Å²) < 4.78 is 20.4. The molecule has 1 atom stereocenters. The average Bonchev–Trinajstić information content (AvgIpc) is 2.40. The highest BCUT2D eigenvalue weighted by Crippen LogP contribution is 2.32. The lowest BCUT2D eigenvalue weighted by Gasteiger charge is -2.18. The van der Waals surface area contributed by atoms with Gasteiger partial charge in [0, 0.05) is 20.6 Å². The van der Waals surface area contributed by atoms with E-state index < -0.39 is 11.9 Å². The highest BCUT2D eigenvalue weighted by molar-refractivity contribution is 9.10. The molecule has 0 bridgehead atoms. The number of halogens is 3. The summed E-state index contributed by atoms with van der Waals surface area (Å²) in [4.78, 5) is 0. The summed E-state index contributed by atoms with van der Waals surface area (Å²) in [6.45, 7) is 2.41. The van der Waals surface area contributed by atoms with E-state index in [2.05, 4.69) is 15.9 Å². The van der Waals surface area contributed by atoms with Crippen LogP contribution < -0.4 is 10.5 Å². The smallest absolute Gasteiger partial charge is 0.129 e. The number of hydrogen-bond acceptors (Lipinski definition) is 2. The summed E-state index contributed by atoms with van der Waals surface area (Å²) in [6.07, 6.45) is 0. The lowest BCUT2D eigenvalue weighted by atomic mass is 9.98. The normalized spacial score (nSPS) is 12.2. The van der Waals surface area contributed by atoms with Crippen LogP contribution in [0.15, 0.2) is 40.9 Å². The third-order valence-corrected chi connectivity index (χ3v) is 3.63. The zero-order valence-corrected chi connectivity index (χ0v) is 13.2. The average molecular weight is 359 g/mol. The predicted octanol–water partition coefficient (Wildman–Crippen LogP) is 4.69. The van der Waals surface area contributed by atoms with Crippen LogP contribution in [0.25, 0.3) is 0 Å². The van der Waals surface area contributed by atoms with Crippen LogP contribution in [-0.4, -0.2) is 6.61 Å². The quantitative estimate of drug-likeness (QED) is 0.860. The molecule has 0 heterocycles. The maximum Gasteiger partial charge on any atom is 0.129 e. The fourth-order valence-electron chi connectivity index (χ4n) is 1.97. The molecule has 0 saturated heterocycles. The first-order valence-electron chi connectivity index (χ1n) is 6.15. The molecule has 0 fully saturated rings. The second-order valence-corrected chi connectivity index (χ2v) is 5.61. The number of hydrogen-bond donors (Lipinski definition) is 1. The second-order valence-electron chi connectivity index (χ2n) is 4.26. The summed E-state index contributed by atoms with van der Waals surface area (Å²) in [5.74, 6) is 0.227. The summed E-state index contributed by atoms with van der Waals surface area (Å²) in [5, 5.41) is 0.345. The zero-order chi connectivity index (χ0) is 14.7. The summed E-state index contributed by atoms with van der Waals surface area (Å²) in [7, 11) is 0. The van der Waals surface area contributed by atoms with E-state index in [-0.39, 0.29) is 0 Å². The van der Waals surface area contributed by atoms with Crippen molar-refractivity contribution in [3.8, 4) is 5.75 Å². The van der Waals surface area contributed by atoms with Crippen molar-refractivity contribution in [3.63, 3.8) is 0 Å². The molecule has 2 aromatic rings. The van der Waals surface area contributed by atoms with Gasteiger partial charge in [0.2, 0.25) is 0 Å². The molecule has 1 unspecified atom stereocenters. The molecule has 106 valence electrons. The van der Waals surface area contributed by atoms with Gasteiger partial charge in [0.05, 0.1) is 12.6 Å². The van der Waals surface area contributed by atoms with Crippen molar-refractivity contribution in [2.45, 2.75) is 13.0 Å². The van der Waals surface area contributed by atoms with Crippen LogP contribution in [-0.2, 0) is 0 Å². The Labute approximate surface area is 130 Å². The third-order valence-electron chi connectivity index (χ3n) is 2.90. The Bertz CT molecular complexity index is 621. The highest BCUT2D eigenvalue weighted by atomic mass is 79.9. The maximum absolute atomic E-state index is 14.0. The Kier molecular flexibility index (Phi) is 5.02. The van der Waals surface area contributed by atoms with Gasteiger partial charge in [-0.3, -0.25) is 0 Å². The van der Waals surface area contributed by atoms with Crippen molar-refractivity contribution in [2.75, 3.05) is 6.61 Å². The van der Waals surface area contributed by atoms with Gasteiger partial charge in [0.25, 0.3) is 0 Å². The molecule has 2 rings (SSSR count). The van der Waals surface area contributed by atoms with E-state index >= 15 is 0 Å². The largest absolute Gasteiger partial charge is 0.494 e. The Morgan fingerprint density at radius 1 is 1.25 bits per heavy atom. The standard InChI is InChI=1S/C15H14BrClFNO/c1-2-20-14-6-3-9(16)7-12(14)15(19)11-5-4-10(17)8-13(11)18/h3-8,15H,2,19H2,1H3. The highest BCUT2D eigenvalue weighted by Gasteiger charge is 2.18. The van der Waals surface area contributed by atoms with Crippen molar-refractivity contribution in [1.82, 2.24) is 0 Å². The lowest BCUT2D eigenvalue weighted by Crippen LogP contribution is -2.15. The van der Waals surface area contributed by atoms with Crippen molar-refractivity contribution in [2.24, 2.45) is 5.73 Å². The molecule has 2 N–H and O–H groups in total. The monoisotopic (exact) mass is 357 g/mol. The number of ether oxygens (including phenoxy) is 1. The first kappa shape index (κ1) is 15.3. The maximum atomic E-state index is 14.0. The zero-order valence-electron chi connectivity index (χ0n) is 10.9. The van der Waals surface area contributed by atoms with Crippen LogP contribution in [0.5, 0.6) is 5.75 Å². The number of rotatable bonds is 4. The fraction of sp³-hybridized carbons (Fsp3) is 0.200. The number of nitrogens with two attached hydrogens (primary N) is 1. The van der Waals surface area contributed by atoms with Gasteiger partial charge in [0.15, 0.2) is 0 Å². The topological polar surface area (TPSA) is 35.2 Å². The number of benzene rings is 2. The van der Waals surface area contributed by atoms with E-state index in [1.165, 1.54) is 6.07 Å². The van der Waals surface area contributed by atoms with E-state index in [1.54, 1.807) is 12.1 Å². The van der Waals surface area contributed by atoms with E-state index in [1.807, 2.05) is 25.1 Å². The summed E-state index contributed by atoms with van der Waals surface area (Å²) in [5.41, 5.74) is 7.29. The molecule has 5 heteroatoms. The molecule has 0 spiro atoms. The van der Waals surface area contributed by atoms with E-state index in [4.69, 9.17) is 22.1 Å². The van der Waals surface area contributed by atoms with Crippen molar-refractivity contribution < 1.29 is 9.13 Å². The van der Waals surface area contributed by atoms with E-state index in [0.717, 1.165) is 10.0 Å². The molecule has 0 radical (unpaired) electrons. The van der Waals surface area contributed by atoms with Crippen LogP contribution >= 0.6 is 27.5 Å². The minimum absolute atomic E-state index is 0.345. The summed E-state index contributed by atoms with van der Waals surface area (Å²) in [6, 6.07) is 9.37. The van der Waals surface area contributed by atoms with Gasteiger partial charge < -0.3 is 10.5 Å². The SMILES string of the molecule is CCOc1ccc(Br)cc1C(N)c1ccc(Cl)cc1F. The molecule has 2 nitrogen and oxygen atoms in total. The second kappa shape index (κ2) is 6.57. The Hall–Kier alpha value is -1.10. The molecular formula is C15H14BrClFNO. The fourth-order valence-corrected chi connectivity index (χ4v) is 2.51. The molecule has 0 aromatic heterocycles. The van der Waals surface area contributed by atoms with Crippen LogP contribution in [0.4, 0.5) is 4.39 Å². The molecule has 20 heavy (non-hydrogen) atoms. The van der Waals surface area contributed by atoms with Gasteiger partial charge in [0.1, 0.15) is 11.6 Å². The van der Waals surface area contributed by atoms with Gasteiger partial charge in [-0.2, -0.15) is 0 Å². The third kappa shape index (κ3) is 3.32. The molecule has 2 aromatic carbocycles. The molecule has 0 amide bonds. The summed E-state index contributed by atoms with van der Waals surface area (Å²) >= 11 is 9.15. The van der Waals surface area contributed by atoms with Crippen LogP contribution in [0.2, 0.25) is 5.02 Å². The molecule has 0 aliphatic carbocycles. The molecule has 0 aliphatic heterocycles. The van der Waals surface area contributed by atoms with Crippen molar-refractivity contribution >= 4 is 27.5 Å². The van der Waals surface area contributed by atoms with Crippen LogP contribution in [0, 0.1) is 5.82 Å². The van der Waals surface area contributed by atoms with E-state index in [9.17, 15) is 4.39 Å². The van der Waals surface area contributed by atoms with Crippen LogP contribution in [0.3, 0.4) is 0 Å². The van der Waals surface area contributed by atoms with Gasteiger partial charge in [-0.1, -0.05) is 33.6 Å². The van der Waals surface area contributed by atoms with Gasteiger partial charge in [-0.25, -0.2) is 4.39 Å². The minimum Gasteiger partial charge on any atom is -0.494 e. The molecule has 0 saturated carbocycles. The Morgan fingerprint density at radius 3 is 2.65 bits per heavy atom. The van der Waals surface area contributed by atoms with Gasteiger partial charge in [-0.15, -0.1) is 0 Å². The Morgan fingerprint density at radius 2 is 2.00 bits per heavy atom. The van der Waals surface area contributed by atoms with Crippen molar-refractivity contribution in [1.29, 1.82) is 0 Å². The van der Waals surface area contributed by atoms with E-state index in [0.29, 0.717) is 22.9 Å². The first-order chi connectivity index (χ1) is 9.52. The first-order valence-corrected chi connectivity index (χ1v) is 7.32. The van der Waals surface area contributed by atoms with Gasteiger partial charge >= 0.3 is 0 Å². The molecular weight excluding hydrogens is 345 g/mol. The van der Waals surface area contributed by atoms with Crippen LogP contribution in [0.1, 0.15) is 24.1 Å².